The van der Waals surface area contributed by atoms with Gasteiger partial charge in [0.2, 0.25) is 5.91 Å². The number of ether oxygens (including phenoxy) is 1. The smallest absolute Gasteiger partial charge is 0.408 e. The Morgan fingerprint density at radius 3 is 2.32 bits per heavy atom. The van der Waals surface area contributed by atoms with Crippen molar-refractivity contribution < 1.29 is 19.4 Å². The molecule has 1 rings (SSSR count). The molecule has 2 amide bonds. The minimum Gasteiger partial charge on any atom is -0.444 e. The fraction of sp³-hybridized carbons (Fsp3) is 0.846. The molecule has 1 aliphatic rings. The molecule has 1 unspecified atom stereocenters. The first-order chi connectivity index (χ1) is 8.69. The molecular formula is C13H24N2O4. The van der Waals surface area contributed by atoms with Crippen molar-refractivity contribution in [1.82, 2.24) is 10.2 Å². The maximum atomic E-state index is 12.1. The molecule has 1 atom stereocenters. The van der Waals surface area contributed by atoms with Gasteiger partial charge in [0.25, 0.3) is 0 Å². The average molecular weight is 272 g/mol. The third-order valence-electron chi connectivity index (χ3n) is 2.88. The molecule has 1 heterocycles. The highest BCUT2D eigenvalue weighted by molar-refractivity contribution is 5.85. The van der Waals surface area contributed by atoms with E-state index in [2.05, 4.69) is 5.32 Å². The molecule has 0 spiro atoms. The van der Waals surface area contributed by atoms with E-state index in [0.29, 0.717) is 25.9 Å². The molecule has 0 saturated carbocycles. The highest BCUT2D eigenvalue weighted by Gasteiger charge is 2.27. The number of likely N-dealkylation sites (tertiary alicyclic amines) is 1. The number of nitrogens with one attached hydrogen (secondary N) is 1. The van der Waals surface area contributed by atoms with E-state index in [-0.39, 0.29) is 12.0 Å². The summed E-state index contributed by atoms with van der Waals surface area (Å²) in [5, 5.41) is 11.9. The molecule has 110 valence electrons. The first kappa shape index (κ1) is 15.8. The summed E-state index contributed by atoms with van der Waals surface area (Å²) >= 11 is 0. The second-order valence-corrected chi connectivity index (χ2v) is 5.92. The zero-order chi connectivity index (χ0) is 14.6. The van der Waals surface area contributed by atoms with Gasteiger partial charge >= 0.3 is 6.09 Å². The van der Waals surface area contributed by atoms with Gasteiger partial charge in [0.15, 0.2) is 0 Å². The molecule has 0 aliphatic carbocycles. The Bertz CT molecular complexity index is 330. The van der Waals surface area contributed by atoms with Crippen molar-refractivity contribution in [3.63, 3.8) is 0 Å². The van der Waals surface area contributed by atoms with Crippen LogP contribution < -0.4 is 5.32 Å². The van der Waals surface area contributed by atoms with Crippen molar-refractivity contribution >= 4 is 12.0 Å². The van der Waals surface area contributed by atoms with Gasteiger partial charge in [-0.15, -0.1) is 0 Å². The van der Waals surface area contributed by atoms with E-state index in [1.165, 1.54) is 0 Å². The number of amides is 2. The molecule has 0 aromatic carbocycles. The number of nitrogens with zero attached hydrogens (tertiary/aromatic N) is 1. The summed E-state index contributed by atoms with van der Waals surface area (Å²) < 4.78 is 5.10. The van der Waals surface area contributed by atoms with Crippen LogP contribution in [-0.4, -0.2) is 52.8 Å². The van der Waals surface area contributed by atoms with Crippen molar-refractivity contribution in [1.29, 1.82) is 0 Å². The molecule has 19 heavy (non-hydrogen) atoms. The van der Waals surface area contributed by atoms with Gasteiger partial charge in [0.1, 0.15) is 11.6 Å². The highest BCUT2D eigenvalue weighted by atomic mass is 16.6. The maximum Gasteiger partial charge on any atom is 0.408 e. The number of aliphatic hydroxyl groups is 1. The van der Waals surface area contributed by atoms with Crippen LogP contribution in [0.5, 0.6) is 0 Å². The van der Waals surface area contributed by atoms with Gasteiger partial charge in [-0.25, -0.2) is 4.79 Å². The number of hydrogen-bond acceptors (Lipinski definition) is 4. The van der Waals surface area contributed by atoms with E-state index in [1.807, 2.05) is 0 Å². The van der Waals surface area contributed by atoms with Gasteiger partial charge in [-0.2, -0.15) is 0 Å². The number of carbonyl (C=O) groups excluding carboxylic acids is 2. The van der Waals surface area contributed by atoms with E-state index in [0.717, 1.165) is 0 Å². The molecule has 0 bridgehead atoms. The summed E-state index contributed by atoms with van der Waals surface area (Å²) in [6, 6.07) is -0.620. The minimum absolute atomic E-state index is 0.141. The molecule has 1 saturated heterocycles. The van der Waals surface area contributed by atoms with Crippen LogP contribution in [-0.2, 0) is 9.53 Å². The second kappa shape index (κ2) is 6.23. The summed E-state index contributed by atoms with van der Waals surface area (Å²) in [5.41, 5.74) is -0.581. The molecule has 0 radical (unpaired) electrons. The summed E-state index contributed by atoms with van der Waals surface area (Å²) in [6.07, 6.45) is 0.263. The molecule has 1 aliphatic heterocycles. The summed E-state index contributed by atoms with van der Waals surface area (Å²) in [7, 11) is 0. The average Bonchev–Trinajstić information content (AvgIpc) is 2.26. The largest absolute Gasteiger partial charge is 0.444 e. The molecule has 0 aromatic rings. The SMILES string of the molecule is CC(NC(=O)OC(C)(C)C)C(=O)N1CCC(O)CC1. The fourth-order valence-corrected chi connectivity index (χ4v) is 1.91. The van der Waals surface area contributed by atoms with E-state index >= 15 is 0 Å². The number of hydrogen-bond donors (Lipinski definition) is 2. The van der Waals surface area contributed by atoms with Crippen LogP contribution in [0.4, 0.5) is 4.79 Å². The van der Waals surface area contributed by atoms with Crippen molar-refractivity contribution in [3.8, 4) is 0 Å². The first-order valence-corrected chi connectivity index (χ1v) is 6.65. The van der Waals surface area contributed by atoms with Crippen LogP contribution in [0.3, 0.4) is 0 Å². The Balaban J connectivity index is 2.42. The van der Waals surface area contributed by atoms with Crippen LogP contribution in [0.15, 0.2) is 0 Å². The van der Waals surface area contributed by atoms with Crippen LogP contribution in [0.2, 0.25) is 0 Å². The van der Waals surface area contributed by atoms with E-state index in [9.17, 15) is 14.7 Å². The van der Waals surface area contributed by atoms with Crippen molar-refractivity contribution in [2.75, 3.05) is 13.1 Å². The predicted molar refractivity (Wildman–Crippen MR) is 70.7 cm³/mol. The number of carbonyl (C=O) groups is 2. The lowest BCUT2D eigenvalue weighted by molar-refractivity contribution is -0.135. The molecule has 6 nitrogen and oxygen atoms in total. The summed E-state index contributed by atoms with van der Waals surface area (Å²) in [4.78, 5) is 25.3. The lowest BCUT2D eigenvalue weighted by Gasteiger charge is -2.32. The molecule has 6 heteroatoms. The monoisotopic (exact) mass is 272 g/mol. The standard InChI is InChI=1S/C13H24N2O4/c1-9(14-12(18)19-13(2,3)4)11(17)15-7-5-10(16)6-8-15/h9-10,16H,5-8H2,1-4H3,(H,14,18). The molecule has 2 N–H and O–H groups in total. The predicted octanol–water partition coefficient (Wildman–Crippen LogP) is 0.883. The van der Waals surface area contributed by atoms with Gasteiger partial charge in [0.05, 0.1) is 6.10 Å². The number of aliphatic hydroxyl groups excluding tert-OH is 1. The zero-order valence-corrected chi connectivity index (χ0v) is 12.1. The van der Waals surface area contributed by atoms with Crippen molar-refractivity contribution in [2.45, 2.75) is 58.3 Å². The zero-order valence-electron chi connectivity index (χ0n) is 12.1. The van der Waals surface area contributed by atoms with Gasteiger partial charge in [-0.05, 0) is 40.5 Å². The second-order valence-electron chi connectivity index (χ2n) is 5.92. The summed E-state index contributed by atoms with van der Waals surface area (Å²) in [5.74, 6) is -0.141. The van der Waals surface area contributed by atoms with Crippen LogP contribution in [0, 0.1) is 0 Å². The van der Waals surface area contributed by atoms with Crippen LogP contribution in [0.25, 0.3) is 0 Å². The minimum atomic E-state index is -0.620. The normalized spacial score (nSPS) is 18.9. The number of piperidine rings is 1. The van der Waals surface area contributed by atoms with Gasteiger partial charge < -0.3 is 20.1 Å². The number of alkyl carbamates (subject to hydrolysis) is 1. The Morgan fingerprint density at radius 1 is 1.32 bits per heavy atom. The Morgan fingerprint density at radius 2 is 1.84 bits per heavy atom. The maximum absolute atomic E-state index is 12.1. The fourth-order valence-electron chi connectivity index (χ4n) is 1.91. The lowest BCUT2D eigenvalue weighted by atomic mass is 10.1. The third kappa shape index (κ3) is 5.46. The van der Waals surface area contributed by atoms with Crippen molar-refractivity contribution in [3.05, 3.63) is 0 Å². The Kier molecular flexibility index (Phi) is 5.17. The first-order valence-electron chi connectivity index (χ1n) is 6.65. The van der Waals surface area contributed by atoms with Gasteiger partial charge in [-0.1, -0.05) is 0 Å². The molecular weight excluding hydrogens is 248 g/mol. The lowest BCUT2D eigenvalue weighted by Crippen LogP contribution is -2.50. The Hall–Kier alpha value is -1.30. The molecule has 1 fully saturated rings. The topological polar surface area (TPSA) is 78.9 Å². The summed E-state index contributed by atoms with van der Waals surface area (Å²) in [6.45, 7) is 8.00. The highest BCUT2D eigenvalue weighted by Crippen LogP contribution is 2.11. The van der Waals surface area contributed by atoms with Crippen LogP contribution >= 0.6 is 0 Å². The van der Waals surface area contributed by atoms with Crippen LogP contribution in [0.1, 0.15) is 40.5 Å². The van der Waals surface area contributed by atoms with Crippen molar-refractivity contribution in [2.24, 2.45) is 0 Å². The quantitative estimate of drug-likeness (QED) is 0.782. The number of rotatable bonds is 2. The van der Waals surface area contributed by atoms with Gasteiger partial charge in [-0.3, -0.25) is 4.79 Å². The van der Waals surface area contributed by atoms with E-state index in [4.69, 9.17) is 4.74 Å². The molecule has 0 aromatic heterocycles. The Labute approximate surface area is 114 Å². The van der Waals surface area contributed by atoms with E-state index < -0.39 is 17.7 Å². The van der Waals surface area contributed by atoms with Gasteiger partial charge in [0, 0.05) is 13.1 Å². The van der Waals surface area contributed by atoms with E-state index in [1.54, 1.807) is 32.6 Å². The third-order valence-corrected chi connectivity index (χ3v) is 2.88.